The van der Waals surface area contributed by atoms with E-state index in [-0.39, 0.29) is 11.9 Å². The summed E-state index contributed by atoms with van der Waals surface area (Å²) in [4.78, 5) is 25.8. The van der Waals surface area contributed by atoms with Crippen LogP contribution in [0.3, 0.4) is 0 Å². The summed E-state index contributed by atoms with van der Waals surface area (Å²) in [5, 5.41) is 2.95. The maximum Gasteiger partial charge on any atom is 0.339 e. The molecule has 1 N–H and O–H groups in total. The fourth-order valence-corrected chi connectivity index (χ4v) is 3.27. The topological polar surface area (TPSA) is 55.4 Å². The molecule has 0 saturated heterocycles. The third kappa shape index (κ3) is 4.91. The second kappa shape index (κ2) is 8.74. The van der Waals surface area contributed by atoms with Gasteiger partial charge in [0.1, 0.15) is 0 Å². The molecule has 29 heavy (non-hydrogen) atoms. The molecule has 1 aliphatic rings. The number of hydrogen-bond acceptors (Lipinski definition) is 3. The van der Waals surface area contributed by atoms with Crippen LogP contribution in [0, 0.1) is 0 Å². The van der Waals surface area contributed by atoms with Crippen molar-refractivity contribution in [2.75, 3.05) is 0 Å². The fraction of sp³-hybridized carbons (Fsp3) is 0.200. The maximum absolute atomic E-state index is 13.0. The van der Waals surface area contributed by atoms with Crippen LogP contribution in [0.15, 0.2) is 84.9 Å². The van der Waals surface area contributed by atoms with Gasteiger partial charge in [-0.1, -0.05) is 78.9 Å². The number of carbonyl (C=O) groups is 2. The quantitative estimate of drug-likeness (QED) is 0.611. The molecule has 0 bridgehead atoms. The molecule has 0 spiro atoms. The Morgan fingerprint density at radius 1 is 0.862 bits per heavy atom. The van der Waals surface area contributed by atoms with Gasteiger partial charge in [0.2, 0.25) is 6.10 Å². The van der Waals surface area contributed by atoms with Crippen LogP contribution in [0.1, 0.15) is 46.0 Å². The van der Waals surface area contributed by atoms with Crippen LogP contribution in [0.2, 0.25) is 0 Å². The highest BCUT2D eigenvalue weighted by Gasteiger charge is 2.31. The Kier molecular flexibility index (Phi) is 5.71. The Bertz CT molecular complexity index is 981. The Morgan fingerprint density at radius 3 is 2.17 bits per heavy atom. The van der Waals surface area contributed by atoms with Crippen molar-refractivity contribution in [3.8, 4) is 0 Å². The summed E-state index contributed by atoms with van der Waals surface area (Å²) >= 11 is 0. The van der Waals surface area contributed by atoms with E-state index in [0.717, 1.165) is 24.0 Å². The molecule has 1 fully saturated rings. The number of esters is 1. The van der Waals surface area contributed by atoms with E-state index in [2.05, 4.69) is 5.32 Å². The third-order valence-corrected chi connectivity index (χ3v) is 4.96. The van der Waals surface area contributed by atoms with Gasteiger partial charge in [-0.15, -0.1) is 0 Å². The molecular weight excluding hydrogens is 362 g/mol. The number of hydrogen-bond donors (Lipinski definition) is 1. The first kappa shape index (κ1) is 18.9. The summed E-state index contributed by atoms with van der Waals surface area (Å²) in [6.07, 6.45) is 1.60. The van der Waals surface area contributed by atoms with Crippen molar-refractivity contribution in [3.63, 3.8) is 0 Å². The van der Waals surface area contributed by atoms with Gasteiger partial charge in [0.25, 0.3) is 5.91 Å². The van der Waals surface area contributed by atoms with Crippen LogP contribution < -0.4 is 5.32 Å². The highest BCUT2D eigenvalue weighted by atomic mass is 16.5. The van der Waals surface area contributed by atoms with E-state index in [1.54, 1.807) is 18.2 Å². The first-order valence-electron chi connectivity index (χ1n) is 9.89. The largest absolute Gasteiger partial charge is 0.444 e. The van der Waals surface area contributed by atoms with Gasteiger partial charge in [-0.25, -0.2) is 4.79 Å². The molecule has 3 aromatic carbocycles. The summed E-state index contributed by atoms with van der Waals surface area (Å²) in [6, 6.07) is 26.7. The summed E-state index contributed by atoms with van der Waals surface area (Å²) in [5.74, 6) is -0.760. The Balaban J connectivity index is 1.57. The van der Waals surface area contributed by atoms with Crippen molar-refractivity contribution in [3.05, 3.63) is 107 Å². The van der Waals surface area contributed by atoms with E-state index in [9.17, 15) is 9.59 Å². The normalized spacial score (nSPS) is 14.1. The lowest BCUT2D eigenvalue weighted by molar-refractivity contribution is -0.130. The molecule has 4 rings (SSSR count). The molecule has 4 heteroatoms. The zero-order valence-electron chi connectivity index (χ0n) is 16.1. The zero-order valence-corrected chi connectivity index (χ0v) is 16.1. The molecule has 146 valence electrons. The second-order valence-electron chi connectivity index (χ2n) is 7.30. The van der Waals surface area contributed by atoms with Gasteiger partial charge < -0.3 is 10.1 Å². The van der Waals surface area contributed by atoms with Crippen LogP contribution in [0.5, 0.6) is 0 Å². The lowest BCUT2D eigenvalue weighted by Gasteiger charge is -2.19. The molecule has 0 heterocycles. The number of benzene rings is 3. The van der Waals surface area contributed by atoms with Gasteiger partial charge in [-0.3, -0.25) is 4.79 Å². The summed E-state index contributed by atoms with van der Waals surface area (Å²) in [6.45, 7) is 0. The highest BCUT2D eigenvalue weighted by Crippen LogP contribution is 2.25. The number of amides is 1. The van der Waals surface area contributed by atoms with Crippen LogP contribution in [-0.4, -0.2) is 17.9 Å². The van der Waals surface area contributed by atoms with Gasteiger partial charge in [0, 0.05) is 11.6 Å². The predicted octanol–water partition coefficient (Wildman–Crippen LogP) is 4.45. The van der Waals surface area contributed by atoms with Gasteiger partial charge in [0.05, 0.1) is 5.56 Å². The van der Waals surface area contributed by atoms with Crippen LogP contribution in [0.25, 0.3) is 0 Å². The molecule has 1 amide bonds. The average Bonchev–Trinajstić information content (AvgIpc) is 3.57. The first-order chi connectivity index (χ1) is 14.2. The molecule has 1 saturated carbocycles. The first-order valence-corrected chi connectivity index (χ1v) is 9.89. The van der Waals surface area contributed by atoms with E-state index in [4.69, 9.17) is 4.74 Å². The minimum absolute atomic E-state index is 0.192. The Labute approximate surface area is 170 Å². The molecule has 1 atom stereocenters. The highest BCUT2D eigenvalue weighted by molar-refractivity contribution is 5.94. The van der Waals surface area contributed by atoms with Crippen molar-refractivity contribution < 1.29 is 14.3 Å². The third-order valence-electron chi connectivity index (χ3n) is 4.96. The number of rotatable bonds is 7. The molecule has 0 aliphatic heterocycles. The molecule has 0 radical (unpaired) electrons. The summed E-state index contributed by atoms with van der Waals surface area (Å²) in [7, 11) is 0. The Morgan fingerprint density at radius 2 is 1.48 bits per heavy atom. The van der Waals surface area contributed by atoms with E-state index in [0.29, 0.717) is 17.5 Å². The van der Waals surface area contributed by atoms with Crippen molar-refractivity contribution in [1.82, 2.24) is 5.32 Å². The van der Waals surface area contributed by atoms with E-state index in [1.807, 2.05) is 66.7 Å². The van der Waals surface area contributed by atoms with Crippen LogP contribution in [-0.2, 0) is 16.0 Å². The average molecular weight is 385 g/mol. The molecular formula is C25H23NO3. The van der Waals surface area contributed by atoms with E-state index in [1.165, 1.54) is 0 Å². The van der Waals surface area contributed by atoms with Gasteiger partial charge >= 0.3 is 5.97 Å². The molecule has 3 aromatic rings. The fourth-order valence-electron chi connectivity index (χ4n) is 3.27. The number of ether oxygens (including phenoxy) is 1. The molecule has 0 aromatic heterocycles. The van der Waals surface area contributed by atoms with Crippen LogP contribution in [0.4, 0.5) is 0 Å². The second-order valence-corrected chi connectivity index (χ2v) is 7.30. The monoisotopic (exact) mass is 385 g/mol. The Hall–Kier alpha value is -3.40. The summed E-state index contributed by atoms with van der Waals surface area (Å²) in [5.41, 5.74) is 3.13. The molecule has 1 aliphatic carbocycles. The molecule has 4 nitrogen and oxygen atoms in total. The minimum atomic E-state index is -0.964. The lowest BCUT2D eigenvalue weighted by Crippen LogP contribution is -2.33. The van der Waals surface area contributed by atoms with Crippen molar-refractivity contribution in [2.24, 2.45) is 0 Å². The summed E-state index contributed by atoms with van der Waals surface area (Å²) < 4.78 is 5.74. The van der Waals surface area contributed by atoms with Crippen molar-refractivity contribution >= 4 is 11.9 Å². The van der Waals surface area contributed by atoms with Crippen LogP contribution >= 0.6 is 0 Å². The standard InChI is InChI=1S/C25H23NO3/c27-24(26-21-15-16-21)23(19-11-5-2-6-12-19)29-25(28)22-14-8-7-13-20(22)17-18-9-3-1-4-10-18/h1-14,21,23H,15-17H2,(H,26,27)/t23-/m1/s1. The smallest absolute Gasteiger partial charge is 0.339 e. The van der Waals surface area contributed by atoms with Gasteiger partial charge in [0.15, 0.2) is 0 Å². The zero-order chi connectivity index (χ0) is 20.1. The maximum atomic E-state index is 13.0. The van der Waals surface area contributed by atoms with Gasteiger partial charge in [-0.05, 0) is 36.5 Å². The number of carbonyl (C=O) groups excluding carboxylic acids is 2. The minimum Gasteiger partial charge on any atom is -0.444 e. The predicted molar refractivity (Wildman–Crippen MR) is 111 cm³/mol. The lowest BCUT2D eigenvalue weighted by atomic mass is 9.99. The van der Waals surface area contributed by atoms with E-state index >= 15 is 0 Å². The SMILES string of the molecule is O=C(O[C@@H](C(=O)NC1CC1)c1ccccc1)c1ccccc1Cc1ccccc1. The van der Waals surface area contributed by atoms with Crippen molar-refractivity contribution in [1.29, 1.82) is 0 Å². The molecule has 0 unspecified atom stereocenters. The van der Waals surface area contributed by atoms with E-state index < -0.39 is 12.1 Å². The van der Waals surface area contributed by atoms with Gasteiger partial charge in [-0.2, -0.15) is 0 Å². The number of nitrogens with one attached hydrogen (secondary N) is 1. The van der Waals surface area contributed by atoms with Crippen molar-refractivity contribution in [2.45, 2.75) is 31.4 Å².